The standard InChI is InChI=1S/C21H21Cl2N3O6S2/c1-34(31,32)26-11-33-10-17(26)19(27)25-16(21(29)30)9-12-5-7-13(8-6-12)24-20(28)18-14(22)3-2-4-15(18)23/h2-8,16-17H,9-11H2,1H3,(H,24,28)(H,25,27)(H,29,30). The molecule has 0 radical (unpaired) electrons. The highest BCUT2D eigenvalue weighted by Gasteiger charge is 2.38. The summed E-state index contributed by atoms with van der Waals surface area (Å²) in [5.74, 6) is -2.03. The first kappa shape index (κ1) is 26.3. The average Bonchev–Trinajstić information content (AvgIpc) is 3.25. The number of hydrogen-bond acceptors (Lipinski definition) is 6. The fourth-order valence-corrected chi connectivity index (χ4v) is 6.60. The van der Waals surface area contributed by atoms with E-state index >= 15 is 0 Å². The summed E-state index contributed by atoms with van der Waals surface area (Å²) in [5.41, 5.74) is 1.16. The monoisotopic (exact) mass is 545 g/mol. The van der Waals surface area contributed by atoms with E-state index < -0.39 is 39.9 Å². The number of halogens is 2. The van der Waals surface area contributed by atoms with Crippen molar-refractivity contribution >= 4 is 68.5 Å². The number of hydrogen-bond donors (Lipinski definition) is 3. The molecule has 0 spiro atoms. The number of anilines is 1. The molecule has 2 aromatic carbocycles. The predicted molar refractivity (Wildman–Crippen MR) is 132 cm³/mol. The number of carboxylic acids is 1. The van der Waals surface area contributed by atoms with Crippen LogP contribution in [0.25, 0.3) is 0 Å². The van der Waals surface area contributed by atoms with Crippen LogP contribution in [0.1, 0.15) is 15.9 Å². The molecule has 2 atom stereocenters. The zero-order chi connectivity index (χ0) is 25.0. The van der Waals surface area contributed by atoms with Crippen molar-refractivity contribution < 1.29 is 27.9 Å². The van der Waals surface area contributed by atoms with Crippen LogP contribution in [0.3, 0.4) is 0 Å². The molecule has 0 bridgehead atoms. The lowest BCUT2D eigenvalue weighted by Gasteiger charge is -2.23. The summed E-state index contributed by atoms with van der Waals surface area (Å²) >= 11 is 13.4. The lowest BCUT2D eigenvalue weighted by Crippen LogP contribution is -2.52. The smallest absolute Gasteiger partial charge is 0.326 e. The maximum atomic E-state index is 12.6. The van der Waals surface area contributed by atoms with Crippen molar-refractivity contribution in [1.82, 2.24) is 9.62 Å². The Hall–Kier alpha value is -2.31. The summed E-state index contributed by atoms with van der Waals surface area (Å²) in [6.07, 6.45) is 0.970. The second-order valence-corrected chi connectivity index (χ2v) is 11.3. The number of nitrogens with zero attached hydrogens (tertiary/aromatic N) is 1. The Morgan fingerprint density at radius 3 is 2.32 bits per heavy atom. The molecule has 182 valence electrons. The summed E-state index contributed by atoms with van der Waals surface area (Å²) < 4.78 is 24.8. The van der Waals surface area contributed by atoms with Gasteiger partial charge in [-0.05, 0) is 29.8 Å². The molecule has 2 aromatic rings. The van der Waals surface area contributed by atoms with Crippen molar-refractivity contribution in [3.8, 4) is 0 Å². The van der Waals surface area contributed by atoms with Crippen LogP contribution < -0.4 is 10.6 Å². The van der Waals surface area contributed by atoms with E-state index in [1.807, 2.05) is 0 Å². The molecule has 1 saturated heterocycles. The van der Waals surface area contributed by atoms with Crippen molar-refractivity contribution in [1.29, 1.82) is 0 Å². The summed E-state index contributed by atoms with van der Waals surface area (Å²) in [7, 11) is -3.60. The van der Waals surface area contributed by atoms with Gasteiger partial charge in [-0.15, -0.1) is 11.8 Å². The molecule has 2 unspecified atom stereocenters. The molecule has 3 N–H and O–H groups in total. The number of thioether (sulfide) groups is 1. The summed E-state index contributed by atoms with van der Waals surface area (Å²) in [6.45, 7) is 0. The number of amides is 2. The fraction of sp³-hybridized carbons (Fsp3) is 0.286. The molecule has 0 aromatic heterocycles. The molecule has 1 aliphatic rings. The van der Waals surface area contributed by atoms with Gasteiger partial charge in [0, 0.05) is 17.9 Å². The van der Waals surface area contributed by atoms with E-state index in [9.17, 15) is 27.9 Å². The normalized spacial score (nSPS) is 17.2. The molecule has 1 aliphatic heterocycles. The van der Waals surface area contributed by atoms with E-state index in [2.05, 4.69) is 10.6 Å². The highest BCUT2D eigenvalue weighted by molar-refractivity contribution is 8.00. The number of carboxylic acid groups (broad SMARTS) is 1. The quantitative estimate of drug-likeness (QED) is 0.464. The predicted octanol–water partition coefficient (Wildman–Crippen LogP) is 2.69. The van der Waals surface area contributed by atoms with Crippen molar-refractivity contribution in [3.05, 3.63) is 63.6 Å². The van der Waals surface area contributed by atoms with Crippen molar-refractivity contribution in [2.45, 2.75) is 18.5 Å². The van der Waals surface area contributed by atoms with Crippen LogP contribution in [0.15, 0.2) is 42.5 Å². The Morgan fingerprint density at radius 1 is 1.15 bits per heavy atom. The lowest BCUT2D eigenvalue weighted by molar-refractivity contribution is -0.142. The van der Waals surface area contributed by atoms with Crippen LogP contribution in [-0.4, -0.2) is 65.6 Å². The largest absolute Gasteiger partial charge is 0.480 e. The SMILES string of the molecule is CS(=O)(=O)N1CSCC1C(=O)NC(Cc1ccc(NC(=O)c2c(Cl)cccc2Cl)cc1)C(=O)O. The maximum absolute atomic E-state index is 12.6. The van der Waals surface area contributed by atoms with Gasteiger partial charge in [-0.25, -0.2) is 13.2 Å². The third kappa shape index (κ3) is 6.42. The van der Waals surface area contributed by atoms with Gasteiger partial charge in [0.05, 0.1) is 27.7 Å². The molecule has 0 aliphatic carbocycles. The number of rotatable bonds is 8. The van der Waals surface area contributed by atoms with Gasteiger partial charge in [-0.3, -0.25) is 9.59 Å². The second-order valence-electron chi connectivity index (χ2n) is 7.52. The van der Waals surface area contributed by atoms with E-state index in [-0.39, 0.29) is 33.7 Å². The second kappa shape index (κ2) is 11.0. The van der Waals surface area contributed by atoms with Crippen LogP contribution >= 0.6 is 35.0 Å². The first-order chi connectivity index (χ1) is 16.0. The number of nitrogens with one attached hydrogen (secondary N) is 2. The van der Waals surface area contributed by atoms with E-state index in [0.29, 0.717) is 11.3 Å². The minimum Gasteiger partial charge on any atom is -0.480 e. The third-order valence-electron chi connectivity index (χ3n) is 5.03. The van der Waals surface area contributed by atoms with Gasteiger partial charge in [-0.2, -0.15) is 4.31 Å². The Balaban J connectivity index is 1.66. The fourth-order valence-electron chi connectivity index (χ4n) is 3.30. The molecule has 3 rings (SSSR count). The molecule has 1 fully saturated rings. The van der Waals surface area contributed by atoms with Gasteiger partial charge in [0.2, 0.25) is 15.9 Å². The molecule has 34 heavy (non-hydrogen) atoms. The summed E-state index contributed by atoms with van der Waals surface area (Å²) in [4.78, 5) is 36.8. The zero-order valence-electron chi connectivity index (χ0n) is 17.8. The molecule has 0 saturated carbocycles. The highest BCUT2D eigenvalue weighted by atomic mass is 35.5. The maximum Gasteiger partial charge on any atom is 0.326 e. The molecular formula is C21H21Cl2N3O6S2. The average molecular weight is 546 g/mol. The number of aliphatic carboxylic acids is 1. The van der Waals surface area contributed by atoms with Crippen LogP contribution in [-0.2, 0) is 26.0 Å². The first-order valence-corrected chi connectivity index (χ1v) is 13.7. The van der Waals surface area contributed by atoms with Gasteiger partial charge in [0.1, 0.15) is 12.1 Å². The Kier molecular flexibility index (Phi) is 8.47. The van der Waals surface area contributed by atoms with Gasteiger partial charge in [0.25, 0.3) is 5.91 Å². The summed E-state index contributed by atoms with van der Waals surface area (Å²) in [5, 5.41) is 15.1. The topological polar surface area (TPSA) is 133 Å². The Labute approximate surface area is 210 Å². The first-order valence-electron chi connectivity index (χ1n) is 9.89. The van der Waals surface area contributed by atoms with Crippen molar-refractivity contribution in [2.24, 2.45) is 0 Å². The molecule has 1 heterocycles. The Bertz CT molecular complexity index is 1190. The van der Waals surface area contributed by atoms with Gasteiger partial charge < -0.3 is 15.7 Å². The molecular weight excluding hydrogens is 525 g/mol. The Morgan fingerprint density at radius 2 is 1.76 bits per heavy atom. The van der Waals surface area contributed by atoms with Crippen LogP contribution in [0.5, 0.6) is 0 Å². The molecule has 2 amide bonds. The number of carbonyl (C=O) groups is 3. The van der Waals surface area contributed by atoms with Gasteiger partial charge >= 0.3 is 5.97 Å². The van der Waals surface area contributed by atoms with Crippen molar-refractivity contribution in [2.75, 3.05) is 23.2 Å². The molecule has 9 nitrogen and oxygen atoms in total. The van der Waals surface area contributed by atoms with Crippen LogP contribution in [0.2, 0.25) is 10.0 Å². The van der Waals surface area contributed by atoms with Crippen LogP contribution in [0.4, 0.5) is 5.69 Å². The van der Waals surface area contributed by atoms with Crippen molar-refractivity contribution in [3.63, 3.8) is 0 Å². The number of sulfonamides is 1. The lowest BCUT2D eigenvalue weighted by atomic mass is 10.0. The number of benzene rings is 2. The van der Waals surface area contributed by atoms with E-state index in [4.69, 9.17) is 23.2 Å². The summed E-state index contributed by atoms with van der Waals surface area (Å²) in [6, 6.07) is 8.88. The van der Waals surface area contributed by atoms with E-state index in [0.717, 1.165) is 10.6 Å². The van der Waals surface area contributed by atoms with Gasteiger partial charge in [-0.1, -0.05) is 41.4 Å². The number of carbonyl (C=O) groups excluding carboxylic acids is 2. The zero-order valence-corrected chi connectivity index (χ0v) is 21.0. The minimum absolute atomic E-state index is 0.0373. The van der Waals surface area contributed by atoms with E-state index in [1.165, 1.54) is 11.8 Å². The van der Waals surface area contributed by atoms with E-state index in [1.54, 1.807) is 42.5 Å². The third-order valence-corrected chi connectivity index (χ3v) is 8.07. The van der Waals surface area contributed by atoms with Crippen LogP contribution in [0, 0.1) is 0 Å². The minimum atomic E-state index is -3.60. The highest BCUT2D eigenvalue weighted by Crippen LogP contribution is 2.26. The molecule has 13 heteroatoms. The van der Waals surface area contributed by atoms with Gasteiger partial charge in [0.15, 0.2) is 0 Å².